The second-order valence-corrected chi connectivity index (χ2v) is 6.48. The van der Waals surface area contributed by atoms with Crippen LogP contribution in [0.3, 0.4) is 0 Å². The van der Waals surface area contributed by atoms with Crippen molar-refractivity contribution in [3.8, 4) is 11.6 Å². The summed E-state index contributed by atoms with van der Waals surface area (Å²) in [6.07, 6.45) is 1.23. The van der Waals surface area contributed by atoms with Crippen LogP contribution in [0.25, 0.3) is 11.6 Å². The maximum absolute atomic E-state index is 5.40. The number of hydrogen-bond acceptors (Lipinski definition) is 6. The number of rotatable bonds is 4. The Balaban J connectivity index is 1.67. The van der Waals surface area contributed by atoms with E-state index in [2.05, 4.69) is 38.0 Å². The van der Waals surface area contributed by atoms with Crippen molar-refractivity contribution in [2.45, 2.75) is 19.0 Å². The maximum Gasteiger partial charge on any atom is 0.241 e. The summed E-state index contributed by atoms with van der Waals surface area (Å²) in [7, 11) is 2.10. The van der Waals surface area contributed by atoms with Crippen molar-refractivity contribution < 1.29 is 8.94 Å². The molecule has 1 atom stereocenters. The van der Waals surface area contributed by atoms with E-state index in [1.807, 2.05) is 23.9 Å². The van der Waals surface area contributed by atoms with E-state index in [1.54, 1.807) is 0 Å². The minimum absolute atomic E-state index is 0.495. The van der Waals surface area contributed by atoms with E-state index < -0.39 is 0 Å². The maximum atomic E-state index is 5.40. The molecule has 0 saturated carbocycles. The summed E-state index contributed by atoms with van der Waals surface area (Å²) in [6.45, 7) is 0.681. The van der Waals surface area contributed by atoms with Crippen molar-refractivity contribution in [3.05, 3.63) is 22.7 Å². The average Bonchev–Trinajstić information content (AvgIpc) is 3.07. The highest BCUT2D eigenvalue weighted by atomic mass is 79.9. The Morgan fingerprint density at radius 1 is 1.53 bits per heavy atom. The zero-order valence-corrected chi connectivity index (χ0v) is 12.9. The van der Waals surface area contributed by atoms with Crippen LogP contribution >= 0.6 is 27.7 Å². The SMILES string of the molecule is CN(Cc1nc(-c2ccc(Br)o2)no1)[C@@H]1CCSC1. The first-order valence-corrected chi connectivity index (χ1v) is 8.03. The number of nitrogens with zero attached hydrogens (tertiary/aromatic N) is 3. The molecule has 1 aliphatic heterocycles. The fourth-order valence-electron chi connectivity index (χ4n) is 2.07. The first kappa shape index (κ1) is 13.2. The summed E-state index contributed by atoms with van der Waals surface area (Å²) in [4.78, 5) is 6.64. The average molecular weight is 344 g/mol. The van der Waals surface area contributed by atoms with E-state index in [9.17, 15) is 0 Å². The van der Waals surface area contributed by atoms with Gasteiger partial charge in [-0.15, -0.1) is 0 Å². The molecular weight excluding hydrogens is 330 g/mol. The second kappa shape index (κ2) is 5.68. The van der Waals surface area contributed by atoms with Gasteiger partial charge in [0.25, 0.3) is 0 Å². The third kappa shape index (κ3) is 3.04. The highest BCUT2D eigenvalue weighted by Crippen LogP contribution is 2.24. The summed E-state index contributed by atoms with van der Waals surface area (Å²) in [5, 5.41) is 3.95. The van der Waals surface area contributed by atoms with E-state index in [-0.39, 0.29) is 0 Å². The standard InChI is InChI=1S/C12H14BrN3O2S/c1-16(8-4-5-19-7-8)6-11-14-12(15-18-11)9-2-3-10(13)17-9/h2-3,8H,4-7H2,1H3/t8-/m1/s1. The van der Waals surface area contributed by atoms with Gasteiger partial charge in [-0.2, -0.15) is 16.7 Å². The molecule has 0 bridgehead atoms. The Hall–Kier alpha value is -0.790. The Bertz CT molecular complexity index is 551. The molecule has 0 aliphatic carbocycles. The molecule has 5 nitrogen and oxygen atoms in total. The summed E-state index contributed by atoms with van der Waals surface area (Å²) < 4.78 is 11.3. The molecule has 1 saturated heterocycles. The van der Waals surface area contributed by atoms with Gasteiger partial charge in [0.15, 0.2) is 10.4 Å². The fraction of sp³-hybridized carbons (Fsp3) is 0.500. The lowest BCUT2D eigenvalue weighted by Gasteiger charge is -2.20. The van der Waals surface area contributed by atoms with Gasteiger partial charge >= 0.3 is 0 Å². The van der Waals surface area contributed by atoms with Crippen molar-refractivity contribution >= 4 is 27.7 Å². The van der Waals surface area contributed by atoms with Crippen molar-refractivity contribution in [1.29, 1.82) is 0 Å². The highest BCUT2D eigenvalue weighted by Gasteiger charge is 2.22. The predicted molar refractivity (Wildman–Crippen MR) is 76.9 cm³/mol. The molecular formula is C12H14BrN3O2S. The van der Waals surface area contributed by atoms with Crippen molar-refractivity contribution in [1.82, 2.24) is 15.0 Å². The van der Waals surface area contributed by atoms with Crippen molar-refractivity contribution in [2.75, 3.05) is 18.6 Å². The highest BCUT2D eigenvalue weighted by molar-refractivity contribution is 9.10. The molecule has 19 heavy (non-hydrogen) atoms. The molecule has 0 unspecified atom stereocenters. The van der Waals surface area contributed by atoms with Crippen LogP contribution in [-0.4, -0.2) is 39.6 Å². The normalized spacial score (nSPS) is 19.4. The van der Waals surface area contributed by atoms with Crippen LogP contribution in [0.15, 0.2) is 25.7 Å². The third-order valence-corrected chi connectivity index (χ3v) is 4.75. The molecule has 3 heterocycles. The Kier molecular flexibility index (Phi) is 3.95. The molecule has 102 valence electrons. The molecule has 1 fully saturated rings. The zero-order valence-electron chi connectivity index (χ0n) is 10.5. The van der Waals surface area contributed by atoms with Gasteiger partial charge in [-0.25, -0.2) is 0 Å². The van der Waals surface area contributed by atoms with Crippen LogP contribution in [0, 0.1) is 0 Å². The predicted octanol–water partition coefficient (Wildman–Crippen LogP) is 3.03. The summed E-state index contributed by atoms with van der Waals surface area (Å²) in [5.41, 5.74) is 0. The molecule has 0 spiro atoms. The van der Waals surface area contributed by atoms with Gasteiger partial charge in [0.2, 0.25) is 11.7 Å². The summed E-state index contributed by atoms with van der Waals surface area (Å²) in [5.74, 6) is 4.16. The topological polar surface area (TPSA) is 55.3 Å². The number of aromatic nitrogens is 2. The van der Waals surface area contributed by atoms with Crippen LogP contribution in [0.1, 0.15) is 12.3 Å². The molecule has 0 N–H and O–H groups in total. The number of thioether (sulfide) groups is 1. The second-order valence-electron chi connectivity index (χ2n) is 4.55. The van der Waals surface area contributed by atoms with E-state index in [0.29, 0.717) is 34.7 Å². The molecule has 0 amide bonds. The van der Waals surface area contributed by atoms with Gasteiger partial charge in [-0.1, -0.05) is 5.16 Å². The van der Waals surface area contributed by atoms with Gasteiger partial charge in [0, 0.05) is 11.8 Å². The van der Waals surface area contributed by atoms with Crippen molar-refractivity contribution in [3.63, 3.8) is 0 Å². The molecule has 0 aromatic carbocycles. The largest absolute Gasteiger partial charge is 0.446 e. The first-order valence-electron chi connectivity index (χ1n) is 6.08. The van der Waals surface area contributed by atoms with Gasteiger partial charge < -0.3 is 8.94 Å². The smallest absolute Gasteiger partial charge is 0.241 e. The minimum atomic E-state index is 0.495. The Morgan fingerprint density at radius 2 is 2.42 bits per heavy atom. The Labute approximate surface area is 123 Å². The van der Waals surface area contributed by atoms with Crippen LogP contribution in [0.2, 0.25) is 0 Å². The molecule has 2 aromatic heterocycles. The van der Waals surface area contributed by atoms with Gasteiger partial charge in [-0.3, -0.25) is 4.90 Å². The quantitative estimate of drug-likeness (QED) is 0.850. The van der Waals surface area contributed by atoms with Crippen LogP contribution in [-0.2, 0) is 6.54 Å². The lowest BCUT2D eigenvalue weighted by molar-refractivity contribution is 0.218. The fourth-order valence-corrected chi connectivity index (χ4v) is 3.67. The van der Waals surface area contributed by atoms with E-state index >= 15 is 0 Å². The minimum Gasteiger partial charge on any atom is -0.446 e. The van der Waals surface area contributed by atoms with Crippen LogP contribution in [0.5, 0.6) is 0 Å². The molecule has 0 radical (unpaired) electrons. The zero-order chi connectivity index (χ0) is 13.2. The van der Waals surface area contributed by atoms with Gasteiger partial charge in [-0.05, 0) is 47.3 Å². The van der Waals surface area contributed by atoms with Gasteiger partial charge in [0.05, 0.1) is 6.54 Å². The Morgan fingerprint density at radius 3 is 3.11 bits per heavy atom. The van der Waals surface area contributed by atoms with E-state index in [1.165, 1.54) is 17.9 Å². The van der Waals surface area contributed by atoms with Crippen molar-refractivity contribution in [2.24, 2.45) is 0 Å². The molecule has 2 aromatic rings. The first-order chi connectivity index (χ1) is 9.22. The van der Waals surface area contributed by atoms with Crippen LogP contribution in [0.4, 0.5) is 0 Å². The van der Waals surface area contributed by atoms with Crippen LogP contribution < -0.4 is 0 Å². The van der Waals surface area contributed by atoms with Gasteiger partial charge in [0.1, 0.15) is 0 Å². The monoisotopic (exact) mass is 343 g/mol. The third-order valence-electron chi connectivity index (χ3n) is 3.18. The van der Waals surface area contributed by atoms with E-state index in [4.69, 9.17) is 8.94 Å². The number of furan rings is 1. The lowest BCUT2D eigenvalue weighted by Crippen LogP contribution is -2.30. The molecule has 1 aliphatic rings. The number of hydrogen-bond donors (Lipinski definition) is 0. The summed E-state index contributed by atoms with van der Waals surface area (Å²) >= 11 is 5.26. The number of halogens is 1. The molecule has 3 rings (SSSR count). The lowest BCUT2D eigenvalue weighted by atomic mass is 10.2. The van der Waals surface area contributed by atoms with E-state index in [0.717, 1.165) is 0 Å². The molecule has 7 heteroatoms. The summed E-state index contributed by atoms with van der Waals surface area (Å²) in [6, 6.07) is 4.24.